The van der Waals surface area contributed by atoms with Crippen LogP contribution in [0.5, 0.6) is 0 Å². The van der Waals surface area contributed by atoms with Crippen molar-refractivity contribution in [1.29, 1.82) is 0 Å². The molecule has 1 amide bonds. The second kappa shape index (κ2) is 6.28. The normalized spacial score (nSPS) is 13.6. The van der Waals surface area contributed by atoms with Crippen LogP contribution in [0.2, 0.25) is 0 Å². The number of hydrogen-bond acceptors (Lipinski definition) is 4. The Bertz CT molecular complexity index is 1190. The lowest BCUT2D eigenvalue weighted by molar-refractivity contribution is 0.100. The number of fused-ring (bicyclic) bond motifs is 3. The minimum absolute atomic E-state index is 0.383. The van der Waals surface area contributed by atoms with E-state index in [1.807, 2.05) is 42.6 Å². The van der Waals surface area contributed by atoms with Gasteiger partial charge >= 0.3 is 0 Å². The lowest BCUT2D eigenvalue weighted by atomic mass is 10.0. The molecule has 2 heterocycles. The smallest absolute Gasteiger partial charge is 0.252 e. The number of hydrogen-bond donors (Lipinski definition) is 1. The largest absolute Gasteiger partial charge is 0.365 e. The molecule has 0 fully saturated rings. The minimum atomic E-state index is -0.383. The van der Waals surface area contributed by atoms with Gasteiger partial charge in [0.1, 0.15) is 5.00 Å². The highest BCUT2D eigenvalue weighted by molar-refractivity contribution is 7.16. The van der Waals surface area contributed by atoms with Crippen LogP contribution in [0, 0.1) is 0 Å². The Morgan fingerprint density at radius 3 is 2.37 bits per heavy atom. The predicted molar refractivity (Wildman–Crippen MR) is 111 cm³/mol. The van der Waals surface area contributed by atoms with Crippen molar-refractivity contribution in [3.05, 3.63) is 70.1 Å². The summed E-state index contributed by atoms with van der Waals surface area (Å²) in [6.07, 6.45) is 4.88. The van der Waals surface area contributed by atoms with Crippen molar-refractivity contribution < 1.29 is 4.79 Å². The van der Waals surface area contributed by atoms with Gasteiger partial charge in [0.15, 0.2) is 0 Å². The quantitative estimate of drug-likeness (QED) is 0.416. The van der Waals surface area contributed by atoms with Crippen LogP contribution < -0.4 is 5.73 Å². The van der Waals surface area contributed by atoms with E-state index in [1.165, 1.54) is 4.88 Å². The Kier molecular flexibility index (Phi) is 3.76. The van der Waals surface area contributed by atoms with E-state index < -0.39 is 0 Å². The molecule has 0 unspecified atom stereocenters. The number of amides is 1. The third-order valence-corrected chi connectivity index (χ3v) is 6.29. The highest BCUT2D eigenvalue weighted by Crippen LogP contribution is 2.40. The topological polar surface area (TPSA) is 68.3 Å². The van der Waals surface area contributed by atoms with E-state index in [2.05, 4.69) is 12.1 Å². The molecule has 4 nitrogen and oxygen atoms in total. The molecule has 5 heteroatoms. The first kappa shape index (κ1) is 16.1. The second-order valence-electron chi connectivity index (χ2n) is 6.72. The standard InChI is InChI=1S/C22H17N3OS/c23-21(26)20-15-8-5-11-19(15)27-22(20)24-12-16-13-6-1-3-9-17(13)25-18-10-4-2-7-14(16)18/h1-4,6-7,9-10,12H,5,8,11H2,(H2,23,26). The van der Waals surface area contributed by atoms with Gasteiger partial charge in [0.25, 0.3) is 5.91 Å². The molecule has 0 bridgehead atoms. The molecule has 4 aromatic rings. The van der Waals surface area contributed by atoms with E-state index >= 15 is 0 Å². The molecular weight excluding hydrogens is 354 g/mol. The number of carbonyl (C=O) groups excluding carboxylic acids is 1. The van der Waals surface area contributed by atoms with Gasteiger partial charge in [-0.2, -0.15) is 0 Å². The molecule has 0 aliphatic heterocycles. The lowest BCUT2D eigenvalue weighted by Gasteiger charge is -2.07. The Morgan fingerprint density at radius 1 is 1.04 bits per heavy atom. The van der Waals surface area contributed by atoms with Gasteiger partial charge in [-0.15, -0.1) is 11.3 Å². The molecule has 5 rings (SSSR count). The molecule has 27 heavy (non-hydrogen) atoms. The summed E-state index contributed by atoms with van der Waals surface area (Å²) in [6, 6.07) is 16.1. The van der Waals surface area contributed by atoms with Gasteiger partial charge in [0.2, 0.25) is 0 Å². The average Bonchev–Trinajstić information content (AvgIpc) is 3.25. The first-order valence-corrected chi connectivity index (χ1v) is 9.80. The molecule has 1 aliphatic rings. The number of nitrogens with zero attached hydrogens (tertiary/aromatic N) is 2. The summed E-state index contributed by atoms with van der Waals surface area (Å²) in [5.74, 6) is -0.383. The summed E-state index contributed by atoms with van der Waals surface area (Å²) >= 11 is 1.59. The van der Waals surface area contributed by atoms with Crippen LogP contribution in [0.1, 0.15) is 32.8 Å². The van der Waals surface area contributed by atoms with E-state index in [-0.39, 0.29) is 5.91 Å². The van der Waals surface area contributed by atoms with E-state index in [9.17, 15) is 4.79 Å². The first-order chi connectivity index (χ1) is 13.2. The maximum Gasteiger partial charge on any atom is 0.252 e. The second-order valence-corrected chi connectivity index (χ2v) is 7.80. The Hall–Kier alpha value is -3.05. The third kappa shape index (κ3) is 2.62. The van der Waals surface area contributed by atoms with Crippen LogP contribution >= 0.6 is 11.3 Å². The summed E-state index contributed by atoms with van der Waals surface area (Å²) in [5, 5.41) is 2.81. The van der Waals surface area contributed by atoms with Crippen molar-refractivity contribution in [3.8, 4) is 0 Å². The summed E-state index contributed by atoms with van der Waals surface area (Å²) < 4.78 is 0. The molecule has 2 N–H and O–H groups in total. The predicted octanol–water partition coefficient (Wildman–Crippen LogP) is 4.79. The summed E-state index contributed by atoms with van der Waals surface area (Å²) in [4.78, 5) is 22.7. The van der Waals surface area contributed by atoms with Crippen molar-refractivity contribution in [2.45, 2.75) is 19.3 Å². The molecule has 0 saturated heterocycles. The molecule has 0 spiro atoms. The van der Waals surface area contributed by atoms with Gasteiger partial charge in [-0.05, 0) is 37.0 Å². The summed E-state index contributed by atoms with van der Waals surface area (Å²) in [7, 11) is 0. The fraction of sp³-hybridized carbons (Fsp3) is 0.136. The molecule has 0 saturated carbocycles. The van der Waals surface area contributed by atoms with Crippen molar-refractivity contribution in [3.63, 3.8) is 0 Å². The zero-order valence-corrected chi connectivity index (χ0v) is 15.4. The van der Waals surface area contributed by atoms with Gasteiger partial charge in [0, 0.05) is 27.4 Å². The van der Waals surface area contributed by atoms with Gasteiger partial charge in [-0.3, -0.25) is 4.79 Å². The fourth-order valence-corrected chi connectivity index (χ4v) is 5.11. The number of nitrogens with two attached hydrogens (primary N) is 1. The van der Waals surface area contributed by atoms with Crippen LogP contribution in [0.15, 0.2) is 53.5 Å². The first-order valence-electron chi connectivity index (χ1n) is 8.98. The Balaban J connectivity index is 1.72. The molecule has 132 valence electrons. The van der Waals surface area contributed by atoms with E-state index in [1.54, 1.807) is 11.3 Å². The van der Waals surface area contributed by atoms with Crippen LogP contribution in [-0.4, -0.2) is 17.1 Å². The lowest BCUT2D eigenvalue weighted by Crippen LogP contribution is -2.12. The van der Waals surface area contributed by atoms with Crippen LogP contribution in [0.4, 0.5) is 5.00 Å². The van der Waals surface area contributed by atoms with E-state index in [0.29, 0.717) is 5.56 Å². The molecule has 0 radical (unpaired) electrons. The fourth-order valence-electron chi connectivity index (χ4n) is 3.87. The van der Waals surface area contributed by atoms with Crippen molar-refractivity contribution >= 4 is 50.3 Å². The molecule has 2 aromatic heterocycles. The number of primary amides is 1. The van der Waals surface area contributed by atoms with Crippen LogP contribution in [-0.2, 0) is 12.8 Å². The van der Waals surface area contributed by atoms with Gasteiger partial charge < -0.3 is 5.73 Å². The molecule has 0 atom stereocenters. The highest BCUT2D eigenvalue weighted by atomic mass is 32.1. The van der Waals surface area contributed by atoms with Crippen molar-refractivity contribution in [2.75, 3.05) is 0 Å². The van der Waals surface area contributed by atoms with E-state index in [0.717, 1.165) is 57.2 Å². The van der Waals surface area contributed by atoms with E-state index in [4.69, 9.17) is 15.7 Å². The van der Waals surface area contributed by atoms with Gasteiger partial charge in [0.05, 0.1) is 16.6 Å². The number of para-hydroxylation sites is 2. The number of pyridine rings is 1. The van der Waals surface area contributed by atoms with Crippen LogP contribution in [0.25, 0.3) is 21.8 Å². The zero-order valence-electron chi connectivity index (χ0n) is 14.6. The minimum Gasteiger partial charge on any atom is -0.365 e. The van der Waals surface area contributed by atoms with Crippen molar-refractivity contribution in [2.24, 2.45) is 10.7 Å². The number of aryl methyl sites for hydroxylation is 1. The maximum atomic E-state index is 12.0. The average molecular weight is 371 g/mol. The monoisotopic (exact) mass is 371 g/mol. The number of aromatic nitrogens is 1. The summed E-state index contributed by atoms with van der Waals surface area (Å²) in [6.45, 7) is 0. The number of thiophene rings is 1. The molecule has 1 aliphatic carbocycles. The van der Waals surface area contributed by atoms with Crippen LogP contribution in [0.3, 0.4) is 0 Å². The SMILES string of the molecule is NC(=O)c1c(N=Cc2c3ccccc3nc3ccccc23)sc2c1CCC2. The number of carbonyl (C=O) groups is 1. The number of aliphatic imine (C=N–C) groups is 1. The summed E-state index contributed by atoms with van der Waals surface area (Å²) in [5.41, 5.74) is 10.2. The highest BCUT2D eigenvalue weighted by Gasteiger charge is 2.24. The maximum absolute atomic E-state index is 12.0. The van der Waals surface area contributed by atoms with Gasteiger partial charge in [-0.25, -0.2) is 9.98 Å². The molecule has 2 aromatic carbocycles. The zero-order chi connectivity index (χ0) is 18.4. The number of rotatable bonds is 3. The Labute approximate surface area is 160 Å². The van der Waals surface area contributed by atoms with Crippen molar-refractivity contribution in [1.82, 2.24) is 4.98 Å². The number of benzene rings is 2. The Morgan fingerprint density at radius 2 is 1.70 bits per heavy atom. The molecular formula is C22H17N3OS. The third-order valence-electron chi connectivity index (χ3n) is 5.09. The van der Waals surface area contributed by atoms with Gasteiger partial charge in [-0.1, -0.05) is 36.4 Å².